The molecule has 1 heterocycles. The second kappa shape index (κ2) is 5.54. The van der Waals surface area contributed by atoms with Crippen molar-refractivity contribution >= 4 is 0 Å². The summed E-state index contributed by atoms with van der Waals surface area (Å²) in [4.78, 5) is 0. The van der Waals surface area contributed by atoms with Crippen molar-refractivity contribution in [3.63, 3.8) is 0 Å². The first-order chi connectivity index (χ1) is 9.22. The molecule has 2 aliphatic rings. The van der Waals surface area contributed by atoms with Crippen molar-refractivity contribution in [3.8, 4) is 5.75 Å². The average molecular weight is 259 g/mol. The van der Waals surface area contributed by atoms with Crippen LogP contribution in [0.3, 0.4) is 0 Å². The van der Waals surface area contributed by atoms with E-state index in [0.717, 1.165) is 24.6 Å². The summed E-state index contributed by atoms with van der Waals surface area (Å²) in [7, 11) is 0. The first kappa shape index (κ1) is 13.0. The Balaban J connectivity index is 1.50. The molecule has 0 bridgehead atoms. The predicted octanol–water partition coefficient (Wildman–Crippen LogP) is 3.47. The van der Waals surface area contributed by atoms with E-state index in [9.17, 15) is 0 Å². The molecule has 19 heavy (non-hydrogen) atoms. The molecule has 1 aliphatic carbocycles. The Labute approximate surface area is 116 Å². The highest BCUT2D eigenvalue weighted by molar-refractivity contribution is 5.40. The second-order valence-electron chi connectivity index (χ2n) is 6.30. The molecule has 1 aliphatic heterocycles. The Morgan fingerprint density at radius 1 is 1.32 bits per heavy atom. The van der Waals surface area contributed by atoms with Crippen LogP contribution in [0, 0.1) is 12.8 Å². The first-order valence-corrected chi connectivity index (χ1v) is 7.72. The van der Waals surface area contributed by atoms with Crippen LogP contribution in [0.2, 0.25) is 0 Å². The number of hydrogen-bond donors (Lipinski definition) is 1. The fourth-order valence-corrected chi connectivity index (χ4v) is 3.50. The predicted molar refractivity (Wildman–Crippen MR) is 78.7 cm³/mol. The summed E-state index contributed by atoms with van der Waals surface area (Å²) in [5.74, 6) is 1.97. The molecule has 0 spiro atoms. The van der Waals surface area contributed by atoms with Gasteiger partial charge in [0, 0.05) is 19.0 Å². The third-order valence-corrected chi connectivity index (χ3v) is 4.73. The number of aryl methyl sites for hydroxylation is 1. The van der Waals surface area contributed by atoms with Gasteiger partial charge in [0.25, 0.3) is 0 Å². The summed E-state index contributed by atoms with van der Waals surface area (Å²) in [5, 5.41) is 3.69. The van der Waals surface area contributed by atoms with Gasteiger partial charge in [-0.3, -0.25) is 0 Å². The van der Waals surface area contributed by atoms with E-state index in [1.54, 1.807) is 0 Å². The van der Waals surface area contributed by atoms with Crippen molar-refractivity contribution < 1.29 is 4.74 Å². The minimum atomic E-state index is 0.320. The maximum absolute atomic E-state index is 6.01. The highest BCUT2D eigenvalue weighted by Gasteiger charge is 2.25. The van der Waals surface area contributed by atoms with Gasteiger partial charge in [0.1, 0.15) is 11.9 Å². The number of fused-ring (bicyclic) bond motifs is 1. The highest BCUT2D eigenvalue weighted by Crippen LogP contribution is 2.30. The van der Waals surface area contributed by atoms with Gasteiger partial charge in [-0.05, 0) is 44.2 Å². The van der Waals surface area contributed by atoms with Gasteiger partial charge in [0.05, 0.1) is 0 Å². The van der Waals surface area contributed by atoms with Gasteiger partial charge in [0.15, 0.2) is 0 Å². The molecular weight excluding hydrogens is 234 g/mol. The summed E-state index contributed by atoms with van der Waals surface area (Å²) in [6.07, 6.45) is 7.02. The molecule has 1 unspecified atom stereocenters. The van der Waals surface area contributed by atoms with Gasteiger partial charge in [-0.2, -0.15) is 0 Å². The quantitative estimate of drug-likeness (QED) is 0.894. The van der Waals surface area contributed by atoms with Crippen molar-refractivity contribution in [2.24, 2.45) is 5.92 Å². The smallest absolute Gasteiger partial charge is 0.123 e. The molecule has 0 radical (unpaired) electrons. The van der Waals surface area contributed by atoms with Crippen molar-refractivity contribution in [1.29, 1.82) is 0 Å². The second-order valence-corrected chi connectivity index (χ2v) is 6.30. The Bertz CT molecular complexity index is 437. The van der Waals surface area contributed by atoms with Gasteiger partial charge in [0.2, 0.25) is 0 Å². The van der Waals surface area contributed by atoms with Crippen molar-refractivity contribution in [2.75, 3.05) is 6.54 Å². The van der Waals surface area contributed by atoms with E-state index in [1.807, 2.05) is 0 Å². The monoisotopic (exact) mass is 259 g/mol. The zero-order valence-electron chi connectivity index (χ0n) is 12.1. The molecule has 0 aromatic heterocycles. The van der Waals surface area contributed by atoms with Crippen LogP contribution in [0.4, 0.5) is 0 Å². The van der Waals surface area contributed by atoms with Crippen LogP contribution < -0.4 is 10.1 Å². The summed E-state index contributed by atoms with van der Waals surface area (Å²) in [6, 6.07) is 7.15. The maximum Gasteiger partial charge on any atom is 0.123 e. The third-order valence-electron chi connectivity index (χ3n) is 4.73. The Morgan fingerprint density at radius 3 is 2.89 bits per heavy atom. The zero-order valence-corrected chi connectivity index (χ0v) is 12.1. The minimum Gasteiger partial charge on any atom is -0.488 e. The molecule has 2 atom stereocenters. The zero-order chi connectivity index (χ0) is 13.2. The van der Waals surface area contributed by atoms with Crippen molar-refractivity contribution in [1.82, 2.24) is 5.32 Å². The summed E-state index contributed by atoms with van der Waals surface area (Å²) < 4.78 is 6.01. The minimum absolute atomic E-state index is 0.320. The lowest BCUT2D eigenvalue weighted by Crippen LogP contribution is -2.39. The topological polar surface area (TPSA) is 21.3 Å². The number of hydrogen-bond acceptors (Lipinski definition) is 2. The normalized spacial score (nSPS) is 24.2. The molecule has 0 saturated heterocycles. The van der Waals surface area contributed by atoms with Gasteiger partial charge in [-0.15, -0.1) is 0 Å². The largest absolute Gasteiger partial charge is 0.488 e. The first-order valence-electron chi connectivity index (χ1n) is 7.72. The molecule has 104 valence electrons. The molecule has 1 aromatic rings. The lowest BCUT2D eigenvalue weighted by Gasteiger charge is -2.22. The van der Waals surface area contributed by atoms with Crippen LogP contribution in [-0.2, 0) is 6.42 Å². The van der Waals surface area contributed by atoms with Gasteiger partial charge in [-0.25, -0.2) is 0 Å². The molecule has 3 rings (SSSR count). The van der Waals surface area contributed by atoms with Gasteiger partial charge >= 0.3 is 0 Å². The van der Waals surface area contributed by atoms with E-state index >= 15 is 0 Å². The average Bonchev–Trinajstić information content (AvgIpc) is 3.04. The molecule has 2 heteroatoms. The third kappa shape index (κ3) is 2.94. The van der Waals surface area contributed by atoms with E-state index in [4.69, 9.17) is 4.74 Å². The highest BCUT2D eigenvalue weighted by atomic mass is 16.5. The molecule has 2 nitrogen and oxygen atoms in total. The Hall–Kier alpha value is -1.02. The molecule has 1 aromatic carbocycles. The Kier molecular flexibility index (Phi) is 3.79. The number of nitrogens with one attached hydrogen (secondary N) is 1. The van der Waals surface area contributed by atoms with E-state index in [0.29, 0.717) is 12.1 Å². The van der Waals surface area contributed by atoms with Crippen molar-refractivity contribution in [3.05, 3.63) is 29.3 Å². The van der Waals surface area contributed by atoms with Crippen LogP contribution in [-0.4, -0.2) is 18.7 Å². The fourth-order valence-electron chi connectivity index (χ4n) is 3.50. The van der Waals surface area contributed by atoms with Crippen LogP contribution in [0.5, 0.6) is 5.75 Å². The maximum atomic E-state index is 6.01. The molecule has 1 N–H and O–H groups in total. The van der Waals surface area contributed by atoms with Crippen LogP contribution >= 0.6 is 0 Å². The summed E-state index contributed by atoms with van der Waals surface area (Å²) in [5.41, 5.74) is 2.70. The summed E-state index contributed by atoms with van der Waals surface area (Å²) >= 11 is 0. The van der Waals surface area contributed by atoms with E-state index in [1.165, 1.54) is 36.8 Å². The van der Waals surface area contributed by atoms with Gasteiger partial charge in [-0.1, -0.05) is 30.5 Å². The standard InChI is InChI=1S/C17H25NO/c1-12-7-8-17-15(9-12)10-16(19-17)11-18-13(2)14-5-3-4-6-14/h7-9,13-14,16,18H,3-6,10-11H2,1-2H3/t13-,16?/m0/s1. The SMILES string of the molecule is Cc1ccc2c(c1)CC(CN[C@@H](C)C1CCCC1)O2. The number of ether oxygens (including phenoxy) is 1. The molecule has 1 saturated carbocycles. The van der Waals surface area contributed by atoms with Gasteiger partial charge < -0.3 is 10.1 Å². The molecular formula is C17H25NO. The van der Waals surface area contributed by atoms with Crippen LogP contribution in [0.1, 0.15) is 43.7 Å². The fraction of sp³-hybridized carbons (Fsp3) is 0.647. The molecule has 1 fully saturated rings. The lowest BCUT2D eigenvalue weighted by molar-refractivity contribution is 0.214. The molecule has 0 amide bonds. The van der Waals surface area contributed by atoms with Crippen LogP contribution in [0.25, 0.3) is 0 Å². The number of rotatable bonds is 4. The van der Waals surface area contributed by atoms with E-state index in [2.05, 4.69) is 37.4 Å². The van der Waals surface area contributed by atoms with Crippen molar-refractivity contribution in [2.45, 2.75) is 58.1 Å². The van der Waals surface area contributed by atoms with E-state index in [-0.39, 0.29) is 0 Å². The van der Waals surface area contributed by atoms with E-state index < -0.39 is 0 Å². The summed E-state index contributed by atoms with van der Waals surface area (Å²) in [6.45, 7) is 5.46. The number of benzene rings is 1. The lowest BCUT2D eigenvalue weighted by atomic mass is 9.99. The van der Waals surface area contributed by atoms with Crippen LogP contribution in [0.15, 0.2) is 18.2 Å². The Morgan fingerprint density at radius 2 is 2.11 bits per heavy atom.